The molecule has 2 aromatic rings. The number of esters is 3. The van der Waals surface area contributed by atoms with Crippen molar-refractivity contribution in [1.29, 1.82) is 0 Å². The normalized spacial score (nSPS) is 24.5. The number of oxazole rings is 1. The van der Waals surface area contributed by atoms with E-state index in [1.54, 1.807) is 24.3 Å². The van der Waals surface area contributed by atoms with Crippen molar-refractivity contribution in [3.63, 3.8) is 0 Å². The van der Waals surface area contributed by atoms with Gasteiger partial charge in [0, 0.05) is 27.7 Å². The third-order valence-corrected chi connectivity index (χ3v) is 4.56. The Hall–Kier alpha value is -3.67. The second-order valence-electron chi connectivity index (χ2n) is 7.29. The monoisotopic (exact) mass is 464 g/mol. The summed E-state index contributed by atoms with van der Waals surface area (Å²) in [6, 6.07) is 5.79. The molecule has 0 spiro atoms. The minimum absolute atomic E-state index is 0.171. The van der Waals surface area contributed by atoms with Gasteiger partial charge in [0.05, 0.1) is 0 Å². The molecule has 1 aromatic heterocycles. The van der Waals surface area contributed by atoms with E-state index in [9.17, 15) is 19.2 Å². The summed E-state index contributed by atoms with van der Waals surface area (Å²) in [5, 5.41) is 2.60. The number of para-hydroxylation sites is 2. The van der Waals surface area contributed by atoms with Crippen LogP contribution in [0.25, 0.3) is 11.1 Å². The number of nitrogens with one attached hydrogen (secondary N) is 1. The molecule has 178 valence electrons. The van der Waals surface area contributed by atoms with Gasteiger partial charge in [0.1, 0.15) is 24.3 Å². The minimum atomic E-state index is -1.31. The maximum atomic E-state index is 11.9. The highest BCUT2D eigenvalue weighted by Crippen LogP contribution is 2.30. The zero-order chi connectivity index (χ0) is 24.1. The van der Waals surface area contributed by atoms with Crippen LogP contribution < -0.4 is 10.1 Å². The van der Waals surface area contributed by atoms with Crippen LogP contribution in [0, 0.1) is 0 Å². The zero-order valence-electron chi connectivity index (χ0n) is 18.4. The molecule has 12 heteroatoms. The van der Waals surface area contributed by atoms with Crippen LogP contribution in [0.4, 0.5) is 0 Å². The molecule has 2 heterocycles. The van der Waals surface area contributed by atoms with E-state index in [-0.39, 0.29) is 12.7 Å². The van der Waals surface area contributed by atoms with Gasteiger partial charge in [0.15, 0.2) is 17.8 Å². The lowest BCUT2D eigenvalue weighted by Gasteiger charge is -2.44. The van der Waals surface area contributed by atoms with Crippen molar-refractivity contribution in [2.75, 3.05) is 6.61 Å². The number of ether oxygens (including phenoxy) is 5. The molecule has 5 atom stereocenters. The topological polar surface area (TPSA) is 152 Å². The van der Waals surface area contributed by atoms with Crippen molar-refractivity contribution < 1.29 is 47.3 Å². The Morgan fingerprint density at radius 1 is 0.970 bits per heavy atom. The van der Waals surface area contributed by atoms with Gasteiger partial charge in [-0.1, -0.05) is 12.1 Å². The van der Waals surface area contributed by atoms with Crippen molar-refractivity contribution in [3.8, 4) is 6.08 Å². The third-order valence-electron chi connectivity index (χ3n) is 4.56. The van der Waals surface area contributed by atoms with Gasteiger partial charge in [-0.2, -0.15) is 4.98 Å². The Morgan fingerprint density at radius 2 is 1.64 bits per heavy atom. The summed E-state index contributed by atoms with van der Waals surface area (Å²) in [5.41, 5.74) is 0.968. The lowest BCUT2D eigenvalue weighted by atomic mass is 9.96. The quantitative estimate of drug-likeness (QED) is 0.459. The fourth-order valence-electron chi connectivity index (χ4n) is 3.39. The van der Waals surface area contributed by atoms with Gasteiger partial charge in [0.2, 0.25) is 12.2 Å². The number of rotatable bonds is 7. The highest BCUT2D eigenvalue weighted by molar-refractivity contribution is 5.74. The second-order valence-corrected chi connectivity index (χ2v) is 7.29. The summed E-state index contributed by atoms with van der Waals surface area (Å²) in [4.78, 5) is 51.1. The minimum Gasteiger partial charge on any atom is -0.463 e. The lowest BCUT2D eigenvalue weighted by molar-refractivity contribution is -0.259. The van der Waals surface area contributed by atoms with Crippen LogP contribution in [-0.4, -0.2) is 66.0 Å². The molecule has 1 saturated heterocycles. The molecule has 1 aromatic carbocycles. The Balaban J connectivity index is 1.98. The van der Waals surface area contributed by atoms with Gasteiger partial charge in [-0.3, -0.25) is 19.2 Å². The molecule has 1 aliphatic heterocycles. The Labute approximate surface area is 188 Å². The summed E-state index contributed by atoms with van der Waals surface area (Å²) >= 11 is 0. The highest BCUT2D eigenvalue weighted by atomic mass is 16.7. The fourth-order valence-corrected chi connectivity index (χ4v) is 3.39. The molecule has 1 amide bonds. The molecule has 0 bridgehead atoms. The number of aromatic nitrogens is 1. The second kappa shape index (κ2) is 10.3. The number of benzene rings is 1. The van der Waals surface area contributed by atoms with E-state index >= 15 is 0 Å². The van der Waals surface area contributed by atoms with E-state index in [1.807, 2.05) is 0 Å². The van der Waals surface area contributed by atoms with Crippen molar-refractivity contribution in [1.82, 2.24) is 10.3 Å². The predicted octanol–water partition coefficient (Wildman–Crippen LogP) is 0.863. The van der Waals surface area contributed by atoms with Crippen LogP contribution >= 0.6 is 0 Å². The van der Waals surface area contributed by atoms with Gasteiger partial charge in [0.25, 0.3) is 0 Å². The van der Waals surface area contributed by atoms with E-state index in [0.717, 1.165) is 13.8 Å². The smallest absolute Gasteiger partial charge is 0.397 e. The largest absolute Gasteiger partial charge is 0.463 e. The average molecular weight is 464 g/mol. The molecule has 0 unspecified atom stereocenters. The van der Waals surface area contributed by atoms with Gasteiger partial charge < -0.3 is 33.4 Å². The molecule has 0 radical (unpaired) electrons. The molecular formula is C21H24N2O10. The molecule has 1 aliphatic rings. The summed E-state index contributed by atoms with van der Waals surface area (Å²) < 4.78 is 33.0. The molecule has 12 nitrogen and oxygen atoms in total. The SMILES string of the molecule is CC(=O)N[C@H]1[C@@H](Oc2nc3ccccc3o2)O[C@@H](COC(C)=O)[C@@H](OC(C)=O)[C@H]1OC(C)=O. The summed E-state index contributed by atoms with van der Waals surface area (Å²) in [7, 11) is 0. The summed E-state index contributed by atoms with van der Waals surface area (Å²) in [6.45, 7) is 4.41. The van der Waals surface area contributed by atoms with Crippen LogP contribution in [0.5, 0.6) is 6.08 Å². The molecule has 1 fully saturated rings. The van der Waals surface area contributed by atoms with E-state index in [0.29, 0.717) is 11.1 Å². The van der Waals surface area contributed by atoms with Crippen LogP contribution in [-0.2, 0) is 38.1 Å². The van der Waals surface area contributed by atoms with Gasteiger partial charge in [-0.15, -0.1) is 0 Å². The van der Waals surface area contributed by atoms with Crippen LogP contribution in [0.1, 0.15) is 27.7 Å². The summed E-state index contributed by atoms with van der Waals surface area (Å²) in [5.74, 6) is -2.51. The number of amides is 1. The average Bonchev–Trinajstić information content (AvgIpc) is 3.12. The maximum Gasteiger partial charge on any atom is 0.397 e. The van der Waals surface area contributed by atoms with E-state index < -0.39 is 54.5 Å². The number of hydrogen-bond donors (Lipinski definition) is 1. The van der Waals surface area contributed by atoms with Crippen LogP contribution in [0.3, 0.4) is 0 Å². The standard InChI is InChI=1S/C21H24N2O10/c1-10(24)22-17-19(30-13(4)27)18(29-12(3)26)16(9-28-11(2)25)31-20(17)33-21-23-14-7-5-6-8-15(14)32-21/h5-8,16-20H,9H2,1-4H3,(H,22,24)/t16-,17+,18+,19-,20+/m0/s1. The number of nitrogens with zero attached hydrogens (tertiary/aromatic N) is 1. The Kier molecular flexibility index (Phi) is 7.48. The first-order valence-corrected chi connectivity index (χ1v) is 10.1. The first-order chi connectivity index (χ1) is 15.6. The van der Waals surface area contributed by atoms with E-state index in [2.05, 4.69) is 10.3 Å². The molecule has 33 heavy (non-hydrogen) atoms. The lowest BCUT2D eigenvalue weighted by Crippen LogP contribution is -2.67. The zero-order valence-corrected chi connectivity index (χ0v) is 18.4. The molecule has 0 saturated carbocycles. The van der Waals surface area contributed by atoms with Gasteiger partial charge in [-0.05, 0) is 12.1 Å². The van der Waals surface area contributed by atoms with Crippen molar-refractivity contribution in [3.05, 3.63) is 24.3 Å². The number of carbonyl (C=O) groups is 4. The van der Waals surface area contributed by atoms with Gasteiger partial charge in [-0.25, -0.2) is 0 Å². The van der Waals surface area contributed by atoms with Crippen LogP contribution in [0.15, 0.2) is 28.7 Å². The maximum absolute atomic E-state index is 11.9. The summed E-state index contributed by atoms with van der Waals surface area (Å²) in [6.07, 6.45) is -5.03. The number of fused-ring (bicyclic) bond motifs is 1. The van der Waals surface area contributed by atoms with Crippen LogP contribution in [0.2, 0.25) is 0 Å². The van der Waals surface area contributed by atoms with Crippen molar-refractivity contribution >= 4 is 34.9 Å². The number of hydrogen-bond acceptors (Lipinski definition) is 11. The van der Waals surface area contributed by atoms with E-state index in [1.165, 1.54) is 13.8 Å². The van der Waals surface area contributed by atoms with Gasteiger partial charge >= 0.3 is 24.0 Å². The molecule has 3 rings (SSSR count). The Bertz CT molecular complexity index is 1000. The Morgan fingerprint density at radius 3 is 2.24 bits per heavy atom. The molecule has 0 aliphatic carbocycles. The number of carbonyl (C=O) groups excluding carboxylic acids is 4. The first-order valence-electron chi connectivity index (χ1n) is 10.1. The van der Waals surface area contributed by atoms with Crippen molar-refractivity contribution in [2.45, 2.75) is 58.3 Å². The van der Waals surface area contributed by atoms with E-state index in [4.69, 9.17) is 28.1 Å². The fraction of sp³-hybridized carbons (Fsp3) is 0.476. The first kappa shape index (κ1) is 24.0. The van der Waals surface area contributed by atoms with Crippen molar-refractivity contribution in [2.24, 2.45) is 0 Å². The predicted molar refractivity (Wildman–Crippen MR) is 109 cm³/mol. The highest BCUT2D eigenvalue weighted by Gasteiger charge is 2.52. The molecule has 1 N–H and O–H groups in total. The molecular weight excluding hydrogens is 440 g/mol. The third kappa shape index (κ3) is 6.19.